The minimum Gasteiger partial charge on any atom is -1.00 e. The third-order valence-corrected chi connectivity index (χ3v) is 6.72. The van der Waals surface area contributed by atoms with Gasteiger partial charge in [-0.1, -0.05) is 54.6 Å². The van der Waals surface area contributed by atoms with Gasteiger partial charge in [-0.2, -0.15) is 0 Å². The fourth-order valence-corrected chi connectivity index (χ4v) is 4.63. The normalized spacial score (nSPS) is 12.8. The molecule has 0 radical (unpaired) electrons. The third-order valence-electron chi connectivity index (χ3n) is 6.72. The Morgan fingerprint density at radius 2 is 1.31 bits per heavy atom. The standard InChI is InChI=1S/C31H34N3O.BrH/c32-29-4-3-5-31(22-29)35-24-28-14-10-26(11-15-28)7-6-25-8-12-27(13-9-25)23-33-20-16-30(17-21-33)34-18-1-2-19-34;/h3-5,8-17,20-22H,1-2,6-7,18-19,23-24,32H2;1H/q+1;/p-1. The van der Waals surface area contributed by atoms with Crippen LogP contribution in [0.25, 0.3) is 0 Å². The first-order valence-electron chi connectivity index (χ1n) is 12.6. The minimum absolute atomic E-state index is 0. The van der Waals surface area contributed by atoms with E-state index in [2.05, 4.69) is 82.5 Å². The number of aryl methyl sites for hydroxylation is 2. The molecule has 186 valence electrons. The lowest BCUT2D eigenvalue weighted by molar-refractivity contribution is -0.688. The maximum atomic E-state index is 5.84. The summed E-state index contributed by atoms with van der Waals surface area (Å²) in [6.07, 6.45) is 9.09. The predicted octanol–water partition coefficient (Wildman–Crippen LogP) is 2.57. The first kappa shape index (κ1) is 25.8. The molecule has 1 fully saturated rings. The number of hydrogen-bond donors (Lipinski definition) is 1. The fourth-order valence-electron chi connectivity index (χ4n) is 4.63. The molecule has 3 aromatic carbocycles. The molecule has 1 saturated heterocycles. The van der Waals surface area contributed by atoms with Crippen molar-refractivity contribution in [1.82, 2.24) is 0 Å². The van der Waals surface area contributed by atoms with E-state index in [4.69, 9.17) is 10.5 Å². The Labute approximate surface area is 225 Å². The van der Waals surface area contributed by atoms with E-state index in [0.29, 0.717) is 6.61 Å². The Morgan fingerprint density at radius 3 is 1.92 bits per heavy atom. The van der Waals surface area contributed by atoms with Crippen LogP contribution in [0.3, 0.4) is 0 Å². The molecule has 2 heterocycles. The molecule has 2 N–H and O–H groups in total. The van der Waals surface area contributed by atoms with Crippen molar-refractivity contribution in [2.24, 2.45) is 0 Å². The van der Waals surface area contributed by atoms with Crippen LogP contribution in [-0.4, -0.2) is 13.1 Å². The number of hydrogen-bond acceptors (Lipinski definition) is 3. The van der Waals surface area contributed by atoms with E-state index in [9.17, 15) is 0 Å². The monoisotopic (exact) mass is 543 g/mol. The lowest BCUT2D eigenvalue weighted by Crippen LogP contribution is -3.00. The Hall–Kier alpha value is -3.31. The molecule has 1 aliphatic rings. The summed E-state index contributed by atoms with van der Waals surface area (Å²) in [6.45, 7) is 3.83. The zero-order chi connectivity index (χ0) is 23.9. The number of ether oxygens (including phenoxy) is 1. The van der Waals surface area contributed by atoms with E-state index in [1.807, 2.05) is 24.3 Å². The van der Waals surface area contributed by atoms with Crippen molar-refractivity contribution in [2.45, 2.75) is 38.8 Å². The summed E-state index contributed by atoms with van der Waals surface area (Å²) >= 11 is 0. The summed E-state index contributed by atoms with van der Waals surface area (Å²) in [5.74, 6) is 0.801. The van der Waals surface area contributed by atoms with Crippen molar-refractivity contribution in [3.63, 3.8) is 0 Å². The molecular weight excluding hydrogens is 510 g/mol. The zero-order valence-corrected chi connectivity index (χ0v) is 22.2. The summed E-state index contributed by atoms with van der Waals surface area (Å²) in [6, 6.07) is 29.8. The number of anilines is 2. The van der Waals surface area contributed by atoms with Crippen LogP contribution in [0.2, 0.25) is 0 Å². The van der Waals surface area contributed by atoms with Gasteiger partial charge in [0.15, 0.2) is 18.9 Å². The second kappa shape index (κ2) is 12.6. The fraction of sp³-hybridized carbons (Fsp3) is 0.258. The second-order valence-electron chi connectivity index (χ2n) is 9.42. The van der Waals surface area contributed by atoms with Crippen molar-refractivity contribution in [3.05, 3.63) is 120 Å². The molecule has 1 aliphatic heterocycles. The molecule has 0 amide bonds. The van der Waals surface area contributed by atoms with Gasteiger partial charge in [0.25, 0.3) is 0 Å². The SMILES string of the molecule is Nc1cccc(OCc2ccc(CCc3ccc(C[n+]4ccc(N5CCCC5)cc4)cc3)cc2)c1.[Br-]. The van der Waals surface area contributed by atoms with Crippen molar-refractivity contribution < 1.29 is 26.3 Å². The van der Waals surface area contributed by atoms with Gasteiger partial charge in [-0.05, 0) is 54.5 Å². The molecule has 4 aromatic rings. The van der Waals surface area contributed by atoms with Crippen molar-refractivity contribution >= 4 is 11.4 Å². The first-order valence-corrected chi connectivity index (χ1v) is 12.6. The second-order valence-corrected chi connectivity index (χ2v) is 9.42. The molecule has 5 rings (SSSR count). The van der Waals surface area contributed by atoms with Crippen LogP contribution in [0.15, 0.2) is 97.3 Å². The molecule has 0 aliphatic carbocycles. The first-order chi connectivity index (χ1) is 17.2. The maximum Gasteiger partial charge on any atom is 0.173 e. The molecule has 0 atom stereocenters. The number of benzene rings is 3. The van der Waals surface area contributed by atoms with Crippen molar-refractivity contribution in [3.8, 4) is 5.75 Å². The maximum absolute atomic E-state index is 5.84. The van der Waals surface area contributed by atoms with Crippen LogP contribution < -0.4 is 36.9 Å². The quantitative estimate of drug-likeness (QED) is 0.260. The molecule has 5 heteroatoms. The Bertz CT molecular complexity index is 1220. The van der Waals surface area contributed by atoms with Crippen molar-refractivity contribution in [1.29, 1.82) is 0 Å². The topological polar surface area (TPSA) is 42.4 Å². The van der Waals surface area contributed by atoms with Gasteiger partial charge in [-0.3, -0.25) is 0 Å². The van der Waals surface area contributed by atoms with E-state index < -0.39 is 0 Å². The highest BCUT2D eigenvalue weighted by molar-refractivity contribution is 5.45. The van der Waals surface area contributed by atoms with E-state index in [0.717, 1.165) is 36.4 Å². The Balaban J connectivity index is 0.00000304. The van der Waals surface area contributed by atoms with E-state index in [1.54, 1.807) is 0 Å². The summed E-state index contributed by atoms with van der Waals surface area (Å²) in [5, 5.41) is 0. The highest BCUT2D eigenvalue weighted by atomic mass is 79.9. The number of nitrogens with two attached hydrogens (primary N) is 1. The largest absolute Gasteiger partial charge is 1.00 e. The molecule has 0 saturated carbocycles. The van der Waals surface area contributed by atoms with Crippen LogP contribution >= 0.6 is 0 Å². The number of pyridine rings is 1. The van der Waals surface area contributed by atoms with Gasteiger partial charge in [0.2, 0.25) is 0 Å². The number of rotatable bonds is 9. The number of aromatic nitrogens is 1. The number of nitrogens with zero attached hydrogens (tertiary/aromatic N) is 2. The molecule has 36 heavy (non-hydrogen) atoms. The summed E-state index contributed by atoms with van der Waals surface area (Å²) in [5.41, 5.74) is 13.1. The van der Waals surface area contributed by atoms with Gasteiger partial charge in [-0.25, -0.2) is 4.57 Å². The van der Waals surface area contributed by atoms with Gasteiger partial charge in [0, 0.05) is 48.2 Å². The third kappa shape index (κ3) is 7.11. The lowest BCUT2D eigenvalue weighted by atomic mass is 10.0. The van der Waals surface area contributed by atoms with Crippen LogP contribution in [-0.2, 0) is 26.0 Å². The van der Waals surface area contributed by atoms with Crippen LogP contribution in [0, 0.1) is 0 Å². The highest BCUT2D eigenvalue weighted by Crippen LogP contribution is 2.19. The van der Waals surface area contributed by atoms with Gasteiger partial charge >= 0.3 is 0 Å². The van der Waals surface area contributed by atoms with Crippen LogP contribution in [0.4, 0.5) is 11.4 Å². The van der Waals surface area contributed by atoms with E-state index in [1.165, 1.54) is 48.3 Å². The molecule has 0 spiro atoms. The zero-order valence-electron chi connectivity index (χ0n) is 20.7. The highest BCUT2D eigenvalue weighted by Gasteiger charge is 2.13. The molecular formula is C31H34BrN3O. The average molecular weight is 545 g/mol. The molecule has 1 aromatic heterocycles. The average Bonchev–Trinajstić information content (AvgIpc) is 3.43. The van der Waals surface area contributed by atoms with Crippen molar-refractivity contribution in [2.75, 3.05) is 23.7 Å². The van der Waals surface area contributed by atoms with Gasteiger partial charge in [0.05, 0.1) is 0 Å². The smallest absolute Gasteiger partial charge is 0.173 e. The predicted molar refractivity (Wildman–Crippen MR) is 143 cm³/mol. The van der Waals surface area contributed by atoms with Crippen LogP contribution in [0.1, 0.15) is 35.1 Å². The summed E-state index contributed by atoms with van der Waals surface area (Å²) in [7, 11) is 0. The Morgan fingerprint density at radius 1 is 0.722 bits per heavy atom. The Kier molecular flexibility index (Phi) is 9.01. The molecule has 0 bridgehead atoms. The number of nitrogen functional groups attached to an aromatic ring is 1. The minimum atomic E-state index is 0. The lowest BCUT2D eigenvalue weighted by Gasteiger charge is -2.16. The van der Waals surface area contributed by atoms with E-state index in [-0.39, 0.29) is 17.0 Å². The summed E-state index contributed by atoms with van der Waals surface area (Å²) in [4.78, 5) is 2.47. The van der Waals surface area contributed by atoms with Gasteiger partial charge < -0.3 is 32.4 Å². The number of halogens is 1. The molecule has 4 nitrogen and oxygen atoms in total. The van der Waals surface area contributed by atoms with E-state index >= 15 is 0 Å². The van der Waals surface area contributed by atoms with Gasteiger partial charge in [0.1, 0.15) is 12.4 Å². The summed E-state index contributed by atoms with van der Waals surface area (Å²) < 4.78 is 8.10. The molecule has 0 unspecified atom stereocenters. The van der Waals surface area contributed by atoms with Crippen LogP contribution in [0.5, 0.6) is 5.75 Å². The van der Waals surface area contributed by atoms with Gasteiger partial charge in [-0.15, -0.1) is 0 Å².